The third-order valence-corrected chi connectivity index (χ3v) is 6.46. The van der Waals surface area contributed by atoms with Gasteiger partial charge in [-0.1, -0.05) is 97.1 Å². The molecule has 0 spiro atoms. The van der Waals surface area contributed by atoms with Crippen LogP contribution in [0.2, 0.25) is 0 Å². The van der Waals surface area contributed by atoms with Gasteiger partial charge in [0.05, 0.1) is 0 Å². The summed E-state index contributed by atoms with van der Waals surface area (Å²) in [6, 6.07) is 41.7. The highest BCUT2D eigenvalue weighted by molar-refractivity contribution is 6.21. The highest BCUT2D eigenvalue weighted by atomic mass is 14.9. The largest absolute Gasteiger partial charge is 0.208 e. The van der Waals surface area contributed by atoms with Crippen molar-refractivity contribution in [3.8, 4) is 33.4 Å². The molecule has 0 fully saturated rings. The summed E-state index contributed by atoms with van der Waals surface area (Å²) in [4.78, 5) is 0. The van der Waals surface area contributed by atoms with Gasteiger partial charge in [0.2, 0.25) is 0 Å². The third kappa shape index (κ3) is 3.39. The first-order valence-electron chi connectivity index (χ1n) is 11.3. The summed E-state index contributed by atoms with van der Waals surface area (Å²) < 4.78 is 2.07. The van der Waals surface area contributed by atoms with Gasteiger partial charge in [0.1, 0.15) is 7.05 Å². The minimum Gasteiger partial charge on any atom is -0.208 e. The maximum absolute atomic E-state index is 2.37. The zero-order valence-corrected chi connectivity index (χ0v) is 18.6. The van der Waals surface area contributed by atoms with Crippen molar-refractivity contribution in [3.63, 3.8) is 0 Å². The zero-order valence-electron chi connectivity index (χ0n) is 18.6. The molecular weight excluding hydrogens is 398 g/mol. The molecule has 6 rings (SSSR count). The summed E-state index contributed by atoms with van der Waals surface area (Å²) >= 11 is 0. The molecule has 156 valence electrons. The Morgan fingerprint density at radius 1 is 0.394 bits per heavy atom. The Hall–Kier alpha value is -4.23. The summed E-state index contributed by atoms with van der Waals surface area (Å²) in [5.41, 5.74) is 7.54. The second-order valence-corrected chi connectivity index (χ2v) is 8.54. The normalized spacial score (nSPS) is 11.2. The van der Waals surface area contributed by atoms with Crippen LogP contribution in [0.5, 0.6) is 0 Å². The lowest BCUT2D eigenvalue weighted by atomic mass is 9.85. The fourth-order valence-electron chi connectivity index (χ4n) is 4.88. The fourth-order valence-corrected chi connectivity index (χ4v) is 4.88. The van der Waals surface area contributed by atoms with Crippen molar-refractivity contribution < 1.29 is 4.57 Å². The van der Waals surface area contributed by atoms with Crippen LogP contribution >= 0.6 is 0 Å². The minimum absolute atomic E-state index is 1.23. The first-order valence-corrected chi connectivity index (χ1v) is 11.3. The van der Waals surface area contributed by atoms with Gasteiger partial charge < -0.3 is 0 Å². The molecule has 5 aromatic carbocycles. The Balaban J connectivity index is 1.77. The Morgan fingerprint density at radius 3 is 1.45 bits per heavy atom. The lowest BCUT2D eigenvalue weighted by Gasteiger charge is -2.18. The average Bonchev–Trinajstić information content (AvgIpc) is 2.88. The van der Waals surface area contributed by atoms with Crippen LogP contribution in [0, 0.1) is 0 Å². The highest BCUT2D eigenvalue weighted by Crippen LogP contribution is 2.44. The maximum atomic E-state index is 2.37. The van der Waals surface area contributed by atoms with E-state index in [0.29, 0.717) is 0 Å². The van der Waals surface area contributed by atoms with Crippen LogP contribution in [0.15, 0.2) is 128 Å². The predicted octanol–water partition coefficient (Wildman–Crippen LogP) is 7.82. The summed E-state index contributed by atoms with van der Waals surface area (Å²) in [6.45, 7) is 0. The topological polar surface area (TPSA) is 3.88 Å². The van der Waals surface area contributed by atoms with Crippen molar-refractivity contribution in [2.75, 3.05) is 0 Å². The molecule has 0 aliphatic rings. The Bertz CT molecular complexity index is 1580. The van der Waals surface area contributed by atoms with E-state index in [9.17, 15) is 0 Å². The quantitative estimate of drug-likeness (QED) is 0.202. The lowest BCUT2D eigenvalue weighted by Crippen LogP contribution is -2.25. The Morgan fingerprint density at radius 2 is 0.879 bits per heavy atom. The van der Waals surface area contributed by atoms with Gasteiger partial charge in [-0.2, -0.15) is 0 Å². The second-order valence-electron chi connectivity index (χ2n) is 8.54. The van der Waals surface area contributed by atoms with Crippen molar-refractivity contribution in [1.82, 2.24) is 0 Å². The van der Waals surface area contributed by atoms with E-state index in [1.807, 2.05) is 0 Å². The first kappa shape index (κ1) is 19.5. The van der Waals surface area contributed by atoms with E-state index in [4.69, 9.17) is 0 Å². The number of hydrogen-bond donors (Lipinski definition) is 0. The van der Waals surface area contributed by atoms with Gasteiger partial charge in [0, 0.05) is 12.1 Å². The maximum Gasteiger partial charge on any atom is 0.169 e. The van der Waals surface area contributed by atoms with E-state index in [0.717, 1.165) is 0 Å². The number of benzene rings is 5. The minimum atomic E-state index is 1.23. The number of fused-ring (bicyclic) bond motifs is 2. The lowest BCUT2D eigenvalue weighted by molar-refractivity contribution is -0.671. The summed E-state index contributed by atoms with van der Waals surface area (Å²) in [6.07, 6.45) is 4.21. The summed E-state index contributed by atoms with van der Waals surface area (Å²) in [5.74, 6) is 0. The molecule has 0 aliphatic carbocycles. The van der Waals surface area contributed by atoms with Crippen LogP contribution < -0.4 is 4.57 Å². The van der Waals surface area contributed by atoms with Crippen molar-refractivity contribution in [2.45, 2.75) is 0 Å². The van der Waals surface area contributed by atoms with Gasteiger partial charge in [-0.25, -0.2) is 4.57 Å². The van der Waals surface area contributed by atoms with E-state index in [2.05, 4.69) is 139 Å². The van der Waals surface area contributed by atoms with Gasteiger partial charge in [-0.15, -0.1) is 0 Å². The molecule has 0 radical (unpaired) electrons. The van der Waals surface area contributed by atoms with Gasteiger partial charge in [-0.3, -0.25) is 0 Å². The van der Waals surface area contributed by atoms with Crippen molar-refractivity contribution in [2.24, 2.45) is 7.05 Å². The second kappa shape index (κ2) is 8.03. The van der Waals surface area contributed by atoms with E-state index < -0.39 is 0 Å². The molecule has 1 heteroatoms. The Labute approximate surface area is 194 Å². The number of nitrogens with zero attached hydrogens (tertiary/aromatic N) is 1. The summed E-state index contributed by atoms with van der Waals surface area (Å²) in [5, 5.41) is 5.13. The number of aryl methyl sites for hydroxylation is 1. The molecule has 0 N–H and O–H groups in total. The van der Waals surface area contributed by atoms with E-state index in [1.165, 1.54) is 54.9 Å². The number of aromatic nitrogens is 1. The van der Waals surface area contributed by atoms with Gasteiger partial charge in [0.25, 0.3) is 0 Å². The SMILES string of the molecule is C[n+]1ccc(-c2ccc3c(-c4ccccc4)c4ccccc4c(-c4ccccc4)c3c2)cc1. The van der Waals surface area contributed by atoms with Crippen LogP contribution in [-0.2, 0) is 7.05 Å². The molecule has 1 aromatic heterocycles. The molecule has 0 saturated carbocycles. The molecule has 33 heavy (non-hydrogen) atoms. The van der Waals surface area contributed by atoms with Crippen molar-refractivity contribution in [1.29, 1.82) is 0 Å². The van der Waals surface area contributed by atoms with Gasteiger partial charge in [-0.05, 0) is 61.0 Å². The van der Waals surface area contributed by atoms with E-state index >= 15 is 0 Å². The van der Waals surface area contributed by atoms with Crippen molar-refractivity contribution >= 4 is 21.5 Å². The molecule has 0 amide bonds. The molecular formula is C32H24N+. The van der Waals surface area contributed by atoms with Crippen LogP contribution in [0.4, 0.5) is 0 Å². The number of rotatable bonds is 3. The van der Waals surface area contributed by atoms with Crippen LogP contribution in [-0.4, -0.2) is 0 Å². The van der Waals surface area contributed by atoms with E-state index in [-0.39, 0.29) is 0 Å². The van der Waals surface area contributed by atoms with Crippen LogP contribution in [0.3, 0.4) is 0 Å². The molecule has 0 bridgehead atoms. The third-order valence-electron chi connectivity index (χ3n) is 6.46. The molecule has 0 saturated heterocycles. The smallest absolute Gasteiger partial charge is 0.169 e. The fraction of sp³-hybridized carbons (Fsp3) is 0.0312. The summed E-state index contributed by atoms with van der Waals surface area (Å²) in [7, 11) is 2.05. The molecule has 1 heterocycles. The standard InChI is InChI=1S/C32H24N/c1-33-20-18-23(19-21-33)26-16-17-29-30(22-26)32(25-12-6-3-7-13-25)28-15-9-8-14-27(28)31(29)24-10-4-2-5-11-24/h2-22H,1H3/q+1. The monoisotopic (exact) mass is 422 g/mol. The molecule has 0 unspecified atom stereocenters. The van der Waals surface area contributed by atoms with Gasteiger partial charge in [0.15, 0.2) is 12.4 Å². The van der Waals surface area contributed by atoms with Crippen LogP contribution in [0.1, 0.15) is 0 Å². The number of hydrogen-bond acceptors (Lipinski definition) is 0. The predicted molar refractivity (Wildman–Crippen MR) is 139 cm³/mol. The highest BCUT2D eigenvalue weighted by Gasteiger charge is 2.17. The first-order chi connectivity index (χ1) is 16.3. The van der Waals surface area contributed by atoms with E-state index in [1.54, 1.807) is 0 Å². The number of pyridine rings is 1. The molecule has 0 atom stereocenters. The van der Waals surface area contributed by atoms with Gasteiger partial charge >= 0.3 is 0 Å². The Kier molecular flexibility index (Phi) is 4.74. The molecule has 0 aliphatic heterocycles. The molecule has 1 nitrogen and oxygen atoms in total. The average molecular weight is 423 g/mol. The van der Waals surface area contributed by atoms with Crippen molar-refractivity contribution in [3.05, 3.63) is 128 Å². The molecule has 6 aromatic rings. The van der Waals surface area contributed by atoms with Crippen LogP contribution in [0.25, 0.3) is 54.9 Å². The zero-order chi connectivity index (χ0) is 22.2.